The van der Waals surface area contributed by atoms with Crippen molar-refractivity contribution in [2.24, 2.45) is 0 Å². The Bertz CT molecular complexity index is 1280. The van der Waals surface area contributed by atoms with Crippen molar-refractivity contribution in [3.05, 3.63) is 83.1 Å². The molecule has 0 radical (unpaired) electrons. The van der Waals surface area contributed by atoms with Crippen LogP contribution in [0.25, 0.3) is 22.4 Å². The van der Waals surface area contributed by atoms with Gasteiger partial charge in [-0.1, -0.05) is 47.1 Å². The minimum atomic E-state index is -0.254. The number of ether oxygens (including phenoxy) is 1. The number of rotatable bonds is 5. The molecule has 5 rings (SSSR count). The molecule has 0 spiro atoms. The van der Waals surface area contributed by atoms with Gasteiger partial charge in [0, 0.05) is 35.5 Å². The summed E-state index contributed by atoms with van der Waals surface area (Å²) < 4.78 is 11.3. The lowest BCUT2D eigenvalue weighted by molar-refractivity contribution is 0.0932. The van der Waals surface area contributed by atoms with E-state index in [1.165, 1.54) is 6.33 Å². The maximum Gasteiger partial charge on any atom is 0.257 e. The van der Waals surface area contributed by atoms with Crippen molar-refractivity contribution in [3.63, 3.8) is 0 Å². The standard InChI is InChI=1S/C24H19ClN4O3/c1-14-21(22(29-32-14)15-5-3-2-4-6-15)24(30)28-12-19-8-17-7-16(9-20(25)23(17)31-19)18-10-26-13-27-11-18/h2-7,9-11,13,19H,8,12H2,1H3,(H,28,30)/t19-/m0/s1. The third kappa shape index (κ3) is 3.83. The normalized spacial score (nSPS) is 14.6. The van der Waals surface area contributed by atoms with Crippen molar-refractivity contribution < 1.29 is 14.1 Å². The van der Waals surface area contributed by atoms with Crippen LogP contribution in [-0.4, -0.2) is 33.7 Å². The molecular weight excluding hydrogens is 428 g/mol. The van der Waals surface area contributed by atoms with Gasteiger partial charge in [0.2, 0.25) is 0 Å². The fourth-order valence-electron chi connectivity index (χ4n) is 3.84. The predicted molar refractivity (Wildman–Crippen MR) is 120 cm³/mol. The second-order valence-corrected chi connectivity index (χ2v) is 7.96. The number of nitrogens with one attached hydrogen (secondary N) is 1. The molecule has 32 heavy (non-hydrogen) atoms. The van der Waals surface area contributed by atoms with Gasteiger partial charge in [-0.15, -0.1) is 0 Å². The fourth-order valence-corrected chi connectivity index (χ4v) is 4.13. The molecule has 3 heterocycles. The minimum absolute atomic E-state index is 0.228. The molecule has 1 aliphatic rings. The summed E-state index contributed by atoms with van der Waals surface area (Å²) >= 11 is 6.47. The van der Waals surface area contributed by atoms with E-state index in [1.807, 2.05) is 42.5 Å². The lowest BCUT2D eigenvalue weighted by Gasteiger charge is -2.12. The van der Waals surface area contributed by atoms with Crippen molar-refractivity contribution in [3.8, 4) is 28.1 Å². The van der Waals surface area contributed by atoms with Crippen molar-refractivity contribution in [1.29, 1.82) is 0 Å². The first-order valence-electron chi connectivity index (χ1n) is 10.1. The number of aromatic nitrogens is 3. The molecule has 7 nitrogen and oxygen atoms in total. The van der Waals surface area contributed by atoms with E-state index in [9.17, 15) is 4.79 Å². The van der Waals surface area contributed by atoms with E-state index in [0.717, 1.165) is 22.3 Å². The Kier molecular flexibility index (Phi) is 5.33. The third-order valence-electron chi connectivity index (χ3n) is 5.37. The van der Waals surface area contributed by atoms with Gasteiger partial charge in [0.1, 0.15) is 35.2 Å². The molecule has 2 aromatic heterocycles. The molecule has 0 fully saturated rings. The highest BCUT2D eigenvalue weighted by Crippen LogP contribution is 2.39. The number of amides is 1. The molecule has 0 bridgehead atoms. The molecule has 0 saturated carbocycles. The van der Waals surface area contributed by atoms with Crippen LogP contribution >= 0.6 is 11.6 Å². The number of halogens is 1. The van der Waals surface area contributed by atoms with Crippen LogP contribution in [0.5, 0.6) is 5.75 Å². The number of carbonyl (C=O) groups excluding carboxylic acids is 1. The van der Waals surface area contributed by atoms with Crippen molar-refractivity contribution in [2.75, 3.05) is 6.54 Å². The van der Waals surface area contributed by atoms with E-state index >= 15 is 0 Å². The predicted octanol–water partition coefficient (Wildman–Crippen LogP) is 4.49. The van der Waals surface area contributed by atoms with Gasteiger partial charge < -0.3 is 14.6 Å². The second kappa shape index (κ2) is 8.43. The molecule has 1 atom stereocenters. The lowest BCUT2D eigenvalue weighted by Crippen LogP contribution is -2.34. The maximum absolute atomic E-state index is 12.9. The van der Waals surface area contributed by atoms with Gasteiger partial charge in [0.05, 0.1) is 11.6 Å². The summed E-state index contributed by atoms with van der Waals surface area (Å²) in [5.41, 5.74) is 4.57. The first kappa shape index (κ1) is 20.2. The van der Waals surface area contributed by atoms with E-state index in [1.54, 1.807) is 19.3 Å². The van der Waals surface area contributed by atoms with Crippen LogP contribution in [0.1, 0.15) is 21.7 Å². The topological polar surface area (TPSA) is 90.1 Å². The van der Waals surface area contributed by atoms with E-state index in [2.05, 4.69) is 20.4 Å². The molecule has 0 saturated heterocycles. The molecule has 2 aromatic carbocycles. The minimum Gasteiger partial charge on any atom is -0.486 e. The summed E-state index contributed by atoms with van der Waals surface area (Å²) in [7, 11) is 0. The summed E-state index contributed by atoms with van der Waals surface area (Å²) in [6.45, 7) is 2.05. The Morgan fingerprint density at radius 1 is 1.12 bits per heavy atom. The zero-order valence-corrected chi connectivity index (χ0v) is 18.0. The fraction of sp³-hybridized carbons (Fsp3) is 0.167. The molecule has 8 heteroatoms. The van der Waals surface area contributed by atoms with Crippen LogP contribution < -0.4 is 10.1 Å². The van der Waals surface area contributed by atoms with Crippen LogP contribution in [0.4, 0.5) is 0 Å². The van der Waals surface area contributed by atoms with Crippen LogP contribution in [0.15, 0.2) is 65.7 Å². The highest BCUT2D eigenvalue weighted by molar-refractivity contribution is 6.32. The number of fused-ring (bicyclic) bond motifs is 1. The summed E-state index contributed by atoms with van der Waals surface area (Å²) in [5, 5.41) is 7.55. The zero-order chi connectivity index (χ0) is 22.1. The number of hydrogen-bond donors (Lipinski definition) is 1. The van der Waals surface area contributed by atoms with Gasteiger partial charge in [0.15, 0.2) is 0 Å². The van der Waals surface area contributed by atoms with Gasteiger partial charge >= 0.3 is 0 Å². The first-order valence-corrected chi connectivity index (χ1v) is 10.5. The molecule has 1 N–H and O–H groups in total. The van der Waals surface area contributed by atoms with Crippen LogP contribution in [-0.2, 0) is 6.42 Å². The Morgan fingerprint density at radius 2 is 1.91 bits per heavy atom. The van der Waals surface area contributed by atoms with E-state index in [0.29, 0.717) is 40.8 Å². The van der Waals surface area contributed by atoms with Gasteiger partial charge in [-0.3, -0.25) is 4.79 Å². The van der Waals surface area contributed by atoms with E-state index < -0.39 is 0 Å². The number of benzene rings is 2. The average Bonchev–Trinajstić information content (AvgIpc) is 3.42. The third-order valence-corrected chi connectivity index (χ3v) is 5.65. The number of hydrogen-bond acceptors (Lipinski definition) is 6. The Hall–Kier alpha value is -3.71. The number of aryl methyl sites for hydroxylation is 1. The largest absolute Gasteiger partial charge is 0.486 e. The molecule has 0 unspecified atom stereocenters. The second-order valence-electron chi connectivity index (χ2n) is 7.56. The molecule has 4 aromatic rings. The summed E-state index contributed by atoms with van der Waals surface area (Å²) in [5.74, 6) is 0.864. The first-order chi connectivity index (χ1) is 15.6. The monoisotopic (exact) mass is 446 g/mol. The van der Waals surface area contributed by atoms with Crippen molar-refractivity contribution >= 4 is 17.5 Å². The highest BCUT2D eigenvalue weighted by Gasteiger charge is 2.28. The van der Waals surface area contributed by atoms with Crippen LogP contribution in [0.2, 0.25) is 5.02 Å². The summed E-state index contributed by atoms with van der Waals surface area (Å²) in [6.07, 6.45) is 5.37. The molecule has 0 aliphatic carbocycles. The van der Waals surface area contributed by atoms with Crippen molar-refractivity contribution in [2.45, 2.75) is 19.4 Å². The van der Waals surface area contributed by atoms with E-state index in [-0.39, 0.29) is 12.0 Å². The van der Waals surface area contributed by atoms with Crippen LogP contribution in [0, 0.1) is 6.92 Å². The van der Waals surface area contributed by atoms with Crippen molar-refractivity contribution in [1.82, 2.24) is 20.4 Å². The van der Waals surface area contributed by atoms with Crippen LogP contribution in [0.3, 0.4) is 0 Å². The smallest absolute Gasteiger partial charge is 0.257 e. The number of carbonyl (C=O) groups is 1. The summed E-state index contributed by atoms with van der Waals surface area (Å²) in [4.78, 5) is 21.1. The Labute approximate surface area is 189 Å². The van der Waals surface area contributed by atoms with Gasteiger partial charge in [-0.2, -0.15) is 0 Å². The highest BCUT2D eigenvalue weighted by atomic mass is 35.5. The lowest BCUT2D eigenvalue weighted by atomic mass is 10.0. The van der Waals surface area contributed by atoms with Gasteiger partial charge in [0.25, 0.3) is 5.91 Å². The zero-order valence-electron chi connectivity index (χ0n) is 17.2. The number of nitrogens with zero attached hydrogens (tertiary/aromatic N) is 3. The van der Waals surface area contributed by atoms with Gasteiger partial charge in [-0.05, 0) is 24.6 Å². The Balaban J connectivity index is 1.30. The van der Waals surface area contributed by atoms with E-state index in [4.69, 9.17) is 20.9 Å². The maximum atomic E-state index is 12.9. The average molecular weight is 447 g/mol. The molecule has 1 amide bonds. The molecular formula is C24H19ClN4O3. The quantitative estimate of drug-likeness (QED) is 0.485. The molecule has 160 valence electrons. The van der Waals surface area contributed by atoms with Gasteiger partial charge in [-0.25, -0.2) is 9.97 Å². The summed E-state index contributed by atoms with van der Waals surface area (Å²) in [6, 6.07) is 13.3. The SMILES string of the molecule is Cc1onc(-c2ccccc2)c1C(=O)NC[C@@H]1Cc2cc(-c3cncnc3)cc(Cl)c2O1. The molecule has 1 aliphatic heterocycles. The Morgan fingerprint density at radius 3 is 2.69 bits per heavy atom.